The Labute approximate surface area is 103 Å². The molecule has 96 valence electrons. The standard InChI is InChI=1S/C14H22O3/c1-4-6-11(3)17-13-8-7-12(10-15)9-14(13)16-5-2/h7-9,11,15H,4-6,10H2,1-3H3. The molecule has 0 aliphatic heterocycles. The van der Waals surface area contributed by atoms with E-state index in [9.17, 15) is 0 Å². The van der Waals surface area contributed by atoms with Crippen LogP contribution in [0.1, 0.15) is 39.2 Å². The summed E-state index contributed by atoms with van der Waals surface area (Å²) in [5, 5.41) is 9.09. The van der Waals surface area contributed by atoms with Crippen LogP contribution in [0.3, 0.4) is 0 Å². The van der Waals surface area contributed by atoms with Gasteiger partial charge in [-0.2, -0.15) is 0 Å². The molecule has 0 amide bonds. The minimum atomic E-state index is 0.0187. The van der Waals surface area contributed by atoms with E-state index in [0.717, 1.165) is 24.2 Å². The summed E-state index contributed by atoms with van der Waals surface area (Å²) in [4.78, 5) is 0. The van der Waals surface area contributed by atoms with Gasteiger partial charge in [-0.05, 0) is 38.0 Å². The maximum absolute atomic E-state index is 9.09. The highest BCUT2D eigenvalue weighted by atomic mass is 16.5. The molecule has 0 spiro atoms. The highest BCUT2D eigenvalue weighted by Gasteiger charge is 2.09. The van der Waals surface area contributed by atoms with Crippen LogP contribution in [0.2, 0.25) is 0 Å². The van der Waals surface area contributed by atoms with E-state index in [1.807, 2.05) is 25.1 Å². The molecule has 17 heavy (non-hydrogen) atoms. The fourth-order valence-electron chi connectivity index (χ4n) is 1.70. The van der Waals surface area contributed by atoms with Gasteiger partial charge in [0.1, 0.15) is 0 Å². The minimum Gasteiger partial charge on any atom is -0.490 e. The second-order valence-corrected chi connectivity index (χ2v) is 4.09. The van der Waals surface area contributed by atoms with Crippen molar-refractivity contribution < 1.29 is 14.6 Å². The van der Waals surface area contributed by atoms with Crippen molar-refractivity contribution in [2.75, 3.05) is 6.61 Å². The molecule has 1 rings (SSSR count). The molecule has 1 unspecified atom stereocenters. The largest absolute Gasteiger partial charge is 0.490 e. The molecular weight excluding hydrogens is 216 g/mol. The van der Waals surface area contributed by atoms with Crippen molar-refractivity contribution in [2.45, 2.75) is 46.3 Å². The third-order valence-corrected chi connectivity index (χ3v) is 2.51. The van der Waals surface area contributed by atoms with E-state index < -0.39 is 0 Å². The first kappa shape index (κ1) is 13.8. The Kier molecular flexibility index (Phi) is 5.84. The molecule has 0 aliphatic carbocycles. The maximum Gasteiger partial charge on any atom is 0.161 e. The molecule has 3 nitrogen and oxygen atoms in total. The first-order valence-electron chi connectivity index (χ1n) is 6.24. The highest BCUT2D eigenvalue weighted by molar-refractivity contribution is 5.43. The normalized spacial score (nSPS) is 12.2. The molecule has 0 radical (unpaired) electrons. The average molecular weight is 238 g/mol. The van der Waals surface area contributed by atoms with Gasteiger partial charge in [-0.15, -0.1) is 0 Å². The van der Waals surface area contributed by atoms with Crippen LogP contribution in [0.15, 0.2) is 18.2 Å². The lowest BCUT2D eigenvalue weighted by Crippen LogP contribution is -2.12. The van der Waals surface area contributed by atoms with E-state index in [2.05, 4.69) is 13.8 Å². The molecule has 0 saturated heterocycles. The van der Waals surface area contributed by atoms with E-state index in [-0.39, 0.29) is 12.7 Å². The Balaban J connectivity index is 2.81. The third-order valence-electron chi connectivity index (χ3n) is 2.51. The zero-order valence-electron chi connectivity index (χ0n) is 10.9. The van der Waals surface area contributed by atoms with Crippen molar-refractivity contribution in [3.8, 4) is 11.5 Å². The van der Waals surface area contributed by atoms with Gasteiger partial charge in [0, 0.05) is 0 Å². The van der Waals surface area contributed by atoms with Gasteiger partial charge in [0.15, 0.2) is 11.5 Å². The lowest BCUT2D eigenvalue weighted by molar-refractivity contribution is 0.196. The predicted molar refractivity (Wildman–Crippen MR) is 68.5 cm³/mol. The van der Waals surface area contributed by atoms with Crippen LogP contribution in [-0.4, -0.2) is 17.8 Å². The van der Waals surface area contributed by atoms with E-state index in [1.54, 1.807) is 0 Å². The molecule has 1 atom stereocenters. The Morgan fingerprint density at radius 2 is 2.00 bits per heavy atom. The summed E-state index contributed by atoms with van der Waals surface area (Å²) in [5.74, 6) is 1.46. The summed E-state index contributed by atoms with van der Waals surface area (Å²) < 4.78 is 11.4. The zero-order chi connectivity index (χ0) is 12.7. The van der Waals surface area contributed by atoms with Crippen LogP contribution in [0.4, 0.5) is 0 Å². The first-order chi connectivity index (χ1) is 8.21. The summed E-state index contributed by atoms with van der Waals surface area (Å²) >= 11 is 0. The predicted octanol–water partition coefficient (Wildman–Crippen LogP) is 3.15. The smallest absolute Gasteiger partial charge is 0.161 e. The fraction of sp³-hybridized carbons (Fsp3) is 0.571. The number of aliphatic hydroxyl groups excluding tert-OH is 1. The van der Waals surface area contributed by atoms with Crippen LogP contribution < -0.4 is 9.47 Å². The van der Waals surface area contributed by atoms with E-state index in [4.69, 9.17) is 14.6 Å². The molecule has 1 aromatic carbocycles. The monoisotopic (exact) mass is 238 g/mol. The number of rotatable bonds is 7. The fourth-order valence-corrected chi connectivity index (χ4v) is 1.70. The Morgan fingerprint density at radius 1 is 1.24 bits per heavy atom. The summed E-state index contributed by atoms with van der Waals surface area (Å²) in [5.41, 5.74) is 0.837. The summed E-state index contributed by atoms with van der Waals surface area (Å²) in [7, 11) is 0. The number of hydrogen-bond acceptors (Lipinski definition) is 3. The second-order valence-electron chi connectivity index (χ2n) is 4.09. The second kappa shape index (κ2) is 7.17. The zero-order valence-corrected chi connectivity index (χ0v) is 10.9. The molecule has 0 bridgehead atoms. The van der Waals surface area contributed by atoms with Crippen molar-refractivity contribution in [1.82, 2.24) is 0 Å². The maximum atomic E-state index is 9.09. The molecule has 0 heterocycles. The van der Waals surface area contributed by atoms with Crippen molar-refractivity contribution in [3.63, 3.8) is 0 Å². The lowest BCUT2D eigenvalue weighted by Gasteiger charge is -2.17. The molecule has 0 aromatic heterocycles. The molecule has 0 fully saturated rings. The van der Waals surface area contributed by atoms with Crippen molar-refractivity contribution in [1.29, 1.82) is 0 Å². The van der Waals surface area contributed by atoms with Gasteiger partial charge < -0.3 is 14.6 Å². The highest BCUT2D eigenvalue weighted by Crippen LogP contribution is 2.29. The van der Waals surface area contributed by atoms with E-state index in [1.165, 1.54) is 0 Å². The quantitative estimate of drug-likeness (QED) is 0.793. The van der Waals surface area contributed by atoms with Gasteiger partial charge >= 0.3 is 0 Å². The molecule has 1 aromatic rings. The summed E-state index contributed by atoms with van der Waals surface area (Å²) in [6, 6.07) is 5.55. The van der Waals surface area contributed by atoms with Crippen LogP contribution in [0, 0.1) is 0 Å². The van der Waals surface area contributed by atoms with Crippen LogP contribution in [0.5, 0.6) is 11.5 Å². The minimum absolute atomic E-state index is 0.0187. The number of benzene rings is 1. The average Bonchev–Trinajstić information content (AvgIpc) is 2.32. The van der Waals surface area contributed by atoms with Crippen molar-refractivity contribution in [2.24, 2.45) is 0 Å². The van der Waals surface area contributed by atoms with Gasteiger partial charge in [0.25, 0.3) is 0 Å². The van der Waals surface area contributed by atoms with Crippen LogP contribution >= 0.6 is 0 Å². The summed E-state index contributed by atoms with van der Waals surface area (Å²) in [6.45, 7) is 6.74. The van der Waals surface area contributed by atoms with Gasteiger partial charge in [-0.3, -0.25) is 0 Å². The van der Waals surface area contributed by atoms with Crippen LogP contribution in [0.25, 0.3) is 0 Å². The molecule has 1 N–H and O–H groups in total. The van der Waals surface area contributed by atoms with Crippen LogP contribution in [-0.2, 0) is 6.61 Å². The van der Waals surface area contributed by atoms with Gasteiger partial charge in [0.05, 0.1) is 19.3 Å². The van der Waals surface area contributed by atoms with E-state index in [0.29, 0.717) is 12.4 Å². The SMILES string of the molecule is CCCC(C)Oc1ccc(CO)cc1OCC. The van der Waals surface area contributed by atoms with Gasteiger partial charge in [-0.25, -0.2) is 0 Å². The topological polar surface area (TPSA) is 38.7 Å². The summed E-state index contributed by atoms with van der Waals surface area (Å²) in [6.07, 6.45) is 2.30. The number of aliphatic hydroxyl groups is 1. The molecular formula is C14H22O3. The van der Waals surface area contributed by atoms with Gasteiger partial charge in [-0.1, -0.05) is 19.4 Å². The van der Waals surface area contributed by atoms with Crippen molar-refractivity contribution >= 4 is 0 Å². The third kappa shape index (κ3) is 4.27. The van der Waals surface area contributed by atoms with E-state index >= 15 is 0 Å². The lowest BCUT2D eigenvalue weighted by atomic mass is 10.2. The first-order valence-corrected chi connectivity index (χ1v) is 6.24. The van der Waals surface area contributed by atoms with Gasteiger partial charge in [0.2, 0.25) is 0 Å². The Bertz CT molecular complexity index is 336. The Hall–Kier alpha value is -1.22. The Morgan fingerprint density at radius 3 is 2.59 bits per heavy atom. The number of ether oxygens (including phenoxy) is 2. The molecule has 3 heteroatoms. The number of hydrogen-bond donors (Lipinski definition) is 1. The molecule has 0 saturated carbocycles. The van der Waals surface area contributed by atoms with Crippen molar-refractivity contribution in [3.05, 3.63) is 23.8 Å². The molecule has 0 aliphatic rings.